The molecule has 0 N–H and O–H groups in total. The standard InChI is InChI=1S/C25H23F3N4O3S/c1-3-31(18-9-5-4-6-10-18)24(33)32-21-12-8-7-11-19(21)30-23(32)36(34)15-20-17(2)22(13-14-29-20)35-16-25(26,27)28/h4-14H,3,15-16H2,1-2H3. The third-order valence-electron chi connectivity index (χ3n) is 5.46. The minimum Gasteiger partial charge on any atom is -0.484 e. The monoisotopic (exact) mass is 516 g/mol. The number of halogens is 3. The van der Waals surface area contributed by atoms with Crippen molar-refractivity contribution in [3.8, 4) is 5.75 Å². The summed E-state index contributed by atoms with van der Waals surface area (Å²) in [6, 6.07) is 16.9. The predicted molar refractivity (Wildman–Crippen MR) is 131 cm³/mol. The Hall–Kier alpha value is -3.73. The van der Waals surface area contributed by atoms with Crippen LogP contribution in [0.15, 0.2) is 72.0 Å². The number of hydrogen-bond acceptors (Lipinski definition) is 5. The van der Waals surface area contributed by atoms with Crippen LogP contribution in [0.4, 0.5) is 23.7 Å². The quantitative estimate of drug-likeness (QED) is 0.325. The molecule has 11 heteroatoms. The highest BCUT2D eigenvalue weighted by atomic mass is 32.2. The summed E-state index contributed by atoms with van der Waals surface area (Å²) in [5.41, 5.74) is 2.28. The second kappa shape index (κ2) is 10.5. The van der Waals surface area contributed by atoms with Gasteiger partial charge in [0.25, 0.3) is 0 Å². The molecule has 0 spiro atoms. The maximum absolute atomic E-state index is 13.7. The van der Waals surface area contributed by atoms with Crippen LogP contribution in [-0.2, 0) is 16.6 Å². The van der Waals surface area contributed by atoms with Gasteiger partial charge in [-0.15, -0.1) is 0 Å². The lowest BCUT2D eigenvalue weighted by Gasteiger charge is -2.22. The molecular formula is C25H23F3N4O3S. The first kappa shape index (κ1) is 25.4. The van der Waals surface area contributed by atoms with Crippen molar-refractivity contribution in [2.45, 2.75) is 30.9 Å². The van der Waals surface area contributed by atoms with Gasteiger partial charge < -0.3 is 4.74 Å². The molecule has 0 fully saturated rings. The molecule has 4 aromatic rings. The molecule has 0 saturated carbocycles. The molecule has 2 aromatic carbocycles. The average molecular weight is 517 g/mol. The Bertz CT molecular complexity index is 1410. The van der Waals surface area contributed by atoms with Crippen molar-refractivity contribution in [1.29, 1.82) is 0 Å². The second-order valence-electron chi connectivity index (χ2n) is 7.86. The molecular weight excluding hydrogens is 493 g/mol. The third-order valence-corrected chi connectivity index (χ3v) is 6.67. The van der Waals surface area contributed by atoms with E-state index in [1.54, 1.807) is 48.2 Å². The van der Waals surface area contributed by atoms with E-state index in [2.05, 4.69) is 9.97 Å². The molecule has 2 aromatic heterocycles. The van der Waals surface area contributed by atoms with E-state index in [1.807, 2.05) is 25.1 Å². The number of imidazole rings is 1. The molecule has 1 atom stereocenters. The number of para-hydroxylation sites is 3. The number of amides is 1. The summed E-state index contributed by atoms with van der Waals surface area (Å²) < 4.78 is 57.6. The fraction of sp³-hybridized carbons (Fsp3) is 0.240. The normalized spacial score (nSPS) is 12.5. The molecule has 1 amide bonds. The number of hydrogen-bond donors (Lipinski definition) is 0. The smallest absolute Gasteiger partial charge is 0.422 e. The largest absolute Gasteiger partial charge is 0.484 e. The van der Waals surface area contributed by atoms with Gasteiger partial charge in [-0.25, -0.2) is 14.3 Å². The number of alkyl halides is 3. The van der Waals surface area contributed by atoms with Crippen molar-refractivity contribution < 1.29 is 26.9 Å². The minimum absolute atomic E-state index is 0.000130. The van der Waals surface area contributed by atoms with Crippen LogP contribution in [0.2, 0.25) is 0 Å². The van der Waals surface area contributed by atoms with Crippen molar-refractivity contribution in [2.75, 3.05) is 18.1 Å². The highest BCUT2D eigenvalue weighted by molar-refractivity contribution is 7.84. The molecule has 0 bridgehead atoms. The lowest BCUT2D eigenvalue weighted by atomic mass is 10.2. The average Bonchev–Trinajstić information content (AvgIpc) is 3.25. The number of carbonyl (C=O) groups is 1. The fourth-order valence-corrected chi connectivity index (χ4v) is 4.96. The number of aromatic nitrogens is 3. The first-order valence-corrected chi connectivity index (χ1v) is 12.4. The Labute approximate surface area is 208 Å². The first-order valence-electron chi connectivity index (χ1n) is 11.1. The van der Waals surface area contributed by atoms with Gasteiger partial charge in [0, 0.05) is 24.0 Å². The van der Waals surface area contributed by atoms with Crippen LogP contribution in [0, 0.1) is 6.92 Å². The maximum Gasteiger partial charge on any atom is 0.422 e. The Balaban J connectivity index is 1.70. The van der Waals surface area contributed by atoms with E-state index in [-0.39, 0.29) is 22.4 Å². The van der Waals surface area contributed by atoms with Gasteiger partial charge in [0.05, 0.1) is 33.3 Å². The maximum atomic E-state index is 13.7. The number of anilines is 1. The predicted octanol–water partition coefficient (Wildman–Crippen LogP) is 5.48. The van der Waals surface area contributed by atoms with Crippen LogP contribution < -0.4 is 9.64 Å². The molecule has 36 heavy (non-hydrogen) atoms. The van der Waals surface area contributed by atoms with Gasteiger partial charge in [0.15, 0.2) is 6.61 Å². The molecule has 4 rings (SSSR count). The van der Waals surface area contributed by atoms with Crippen molar-refractivity contribution in [3.63, 3.8) is 0 Å². The molecule has 0 aliphatic carbocycles. The van der Waals surface area contributed by atoms with Crippen molar-refractivity contribution in [2.24, 2.45) is 0 Å². The number of rotatable bonds is 7. The van der Waals surface area contributed by atoms with Gasteiger partial charge in [-0.1, -0.05) is 30.3 Å². The summed E-state index contributed by atoms with van der Waals surface area (Å²) in [6.45, 7) is 2.30. The zero-order chi connectivity index (χ0) is 25.9. The lowest BCUT2D eigenvalue weighted by Crippen LogP contribution is -2.35. The molecule has 2 heterocycles. The van der Waals surface area contributed by atoms with Crippen molar-refractivity contribution in [1.82, 2.24) is 14.5 Å². The number of benzene rings is 2. The Morgan fingerprint density at radius 1 is 1.08 bits per heavy atom. The van der Waals surface area contributed by atoms with E-state index in [4.69, 9.17) is 4.74 Å². The number of pyridine rings is 1. The van der Waals surface area contributed by atoms with E-state index in [9.17, 15) is 22.2 Å². The van der Waals surface area contributed by atoms with E-state index < -0.39 is 29.6 Å². The van der Waals surface area contributed by atoms with E-state index >= 15 is 0 Å². The molecule has 0 saturated heterocycles. The Kier molecular flexibility index (Phi) is 7.39. The minimum atomic E-state index is -4.49. The highest BCUT2D eigenvalue weighted by Crippen LogP contribution is 2.27. The van der Waals surface area contributed by atoms with Crippen molar-refractivity contribution >= 4 is 33.6 Å². The second-order valence-corrected chi connectivity index (χ2v) is 9.20. The van der Waals surface area contributed by atoms with E-state index in [0.717, 1.165) is 0 Å². The van der Waals surface area contributed by atoms with Gasteiger partial charge in [0.1, 0.15) is 5.75 Å². The van der Waals surface area contributed by atoms with Gasteiger partial charge in [-0.3, -0.25) is 14.1 Å². The number of nitrogens with zero attached hydrogens (tertiary/aromatic N) is 4. The molecule has 188 valence electrons. The van der Waals surface area contributed by atoms with Crippen LogP contribution in [-0.4, -0.2) is 44.1 Å². The topological polar surface area (TPSA) is 77.3 Å². The molecule has 1 unspecified atom stereocenters. The van der Waals surface area contributed by atoms with Crippen molar-refractivity contribution in [3.05, 3.63) is 78.1 Å². The number of ether oxygens (including phenoxy) is 1. The summed E-state index contributed by atoms with van der Waals surface area (Å²) in [6.07, 6.45) is -3.19. The summed E-state index contributed by atoms with van der Waals surface area (Å²) in [5.74, 6) is -0.163. The van der Waals surface area contributed by atoms with Crippen LogP contribution in [0.1, 0.15) is 18.2 Å². The summed E-state index contributed by atoms with van der Waals surface area (Å²) in [5, 5.41) is 0.0263. The Morgan fingerprint density at radius 2 is 1.78 bits per heavy atom. The molecule has 0 aliphatic rings. The summed E-state index contributed by atoms with van der Waals surface area (Å²) in [4.78, 5) is 23.9. The molecule has 0 aliphatic heterocycles. The van der Waals surface area contributed by atoms with Crippen LogP contribution in [0.25, 0.3) is 11.0 Å². The first-order chi connectivity index (χ1) is 17.2. The van der Waals surface area contributed by atoms with Crippen LogP contribution >= 0.6 is 0 Å². The fourth-order valence-electron chi connectivity index (χ4n) is 3.71. The SMILES string of the molecule is CCN(C(=O)n1c(S(=O)Cc2nccc(OCC(F)(F)F)c2C)nc2ccccc21)c1ccccc1. The zero-order valence-electron chi connectivity index (χ0n) is 19.5. The van der Waals surface area contributed by atoms with Gasteiger partial charge in [-0.05, 0) is 44.2 Å². The summed E-state index contributed by atoms with van der Waals surface area (Å²) in [7, 11) is -1.85. The lowest BCUT2D eigenvalue weighted by molar-refractivity contribution is -0.153. The van der Waals surface area contributed by atoms with Gasteiger partial charge in [0.2, 0.25) is 5.16 Å². The van der Waals surface area contributed by atoms with Gasteiger partial charge >= 0.3 is 12.2 Å². The summed E-state index contributed by atoms with van der Waals surface area (Å²) >= 11 is 0. The number of fused-ring (bicyclic) bond motifs is 1. The molecule has 7 nitrogen and oxygen atoms in total. The van der Waals surface area contributed by atoms with Gasteiger partial charge in [-0.2, -0.15) is 13.2 Å². The van der Waals surface area contributed by atoms with E-state index in [1.165, 1.54) is 16.8 Å². The van der Waals surface area contributed by atoms with Crippen LogP contribution in [0.3, 0.4) is 0 Å². The van der Waals surface area contributed by atoms with E-state index in [0.29, 0.717) is 28.8 Å². The van der Waals surface area contributed by atoms with Crippen LogP contribution in [0.5, 0.6) is 5.75 Å². The highest BCUT2D eigenvalue weighted by Gasteiger charge is 2.29. The number of carbonyl (C=O) groups excluding carboxylic acids is 1. The molecule has 0 radical (unpaired) electrons. The zero-order valence-corrected chi connectivity index (χ0v) is 20.3. The third kappa shape index (κ3) is 5.40. The Morgan fingerprint density at radius 3 is 2.47 bits per heavy atom.